The van der Waals surface area contributed by atoms with Crippen LogP contribution < -0.4 is 5.32 Å². The first kappa shape index (κ1) is 20.5. The third-order valence-corrected chi connectivity index (χ3v) is 5.64. The first-order chi connectivity index (χ1) is 16.2. The molecule has 0 saturated heterocycles. The number of aromatic nitrogens is 2. The third kappa shape index (κ3) is 4.19. The molecule has 0 aliphatic carbocycles. The zero-order valence-electron chi connectivity index (χ0n) is 18.3. The number of nitrogens with one attached hydrogen (secondary N) is 1. The number of para-hydroxylation sites is 1. The molecule has 0 saturated carbocycles. The van der Waals surface area contributed by atoms with Crippen LogP contribution in [0.1, 0.15) is 16.1 Å². The lowest BCUT2D eigenvalue weighted by atomic mass is 10.0. The minimum Gasteiger partial charge on any atom is -0.322 e. The molecule has 33 heavy (non-hydrogen) atoms. The van der Waals surface area contributed by atoms with Gasteiger partial charge < -0.3 is 5.32 Å². The second kappa shape index (κ2) is 8.97. The summed E-state index contributed by atoms with van der Waals surface area (Å²) in [6.07, 6.45) is 0. The Morgan fingerprint density at radius 2 is 1.18 bits per heavy atom. The van der Waals surface area contributed by atoms with E-state index >= 15 is 0 Å². The molecule has 4 aromatic carbocycles. The maximum Gasteiger partial charge on any atom is 0.259 e. The number of nitrogens with zero attached hydrogens (tertiary/aromatic N) is 2. The lowest BCUT2D eigenvalue weighted by molar-refractivity contribution is 0.102. The monoisotopic (exact) mass is 429 g/mol. The average Bonchev–Trinajstić information content (AvgIpc) is 3.23. The molecule has 160 valence electrons. The van der Waals surface area contributed by atoms with Gasteiger partial charge in [0.1, 0.15) is 5.69 Å². The van der Waals surface area contributed by atoms with E-state index < -0.39 is 0 Å². The van der Waals surface area contributed by atoms with Crippen LogP contribution in [0, 0.1) is 6.92 Å². The number of benzene rings is 4. The summed E-state index contributed by atoms with van der Waals surface area (Å²) >= 11 is 0. The minimum atomic E-state index is -0.180. The molecule has 1 aromatic heterocycles. The van der Waals surface area contributed by atoms with E-state index in [0.717, 1.165) is 33.8 Å². The highest BCUT2D eigenvalue weighted by molar-refractivity contribution is 6.09. The molecule has 4 heteroatoms. The summed E-state index contributed by atoms with van der Waals surface area (Å²) in [5, 5.41) is 7.88. The van der Waals surface area contributed by atoms with Crippen molar-refractivity contribution in [1.82, 2.24) is 9.78 Å². The summed E-state index contributed by atoms with van der Waals surface area (Å²) in [6, 6.07) is 37.8. The molecule has 0 aliphatic heterocycles. The fourth-order valence-electron chi connectivity index (χ4n) is 3.96. The number of hydrogen-bond donors (Lipinski definition) is 1. The Hall–Kier alpha value is -4.44. The molecule has 0 aliphatic rings. The normalized spacial score (nSPS) is 10.7. The predicted molar refractivity (Wildman–Crippen MR) is 134 cm³/mol. The second-order valence-corrected chi connectivity index (χ2v) is 7.82. The van der Waals surface area contributed by atoms with E-state index in [1.165, 1.54) is 0 Å². The smallest absolute Gasteiger partial charge is 0.259 e. The van der Waals surface area contributed by atoms with E-state index in [2.05, 4.69) is 17.4 Å². The molecule has 1 heterocycles. The average molecular weight is 430 g/mol. The molecule has 0 unspecified atom stereocenters. The molecule has 5 rings (SSSR count). The molecule has 0 spiro atoms. The summed E-state index contributed by atoms with van der Waals surface area (Å²) in [7, 11) is 0. The molecular weight excluding hydrogens is 406 g/mol. The summed E-state index contributed by atoms with van der Waals surface area (Å²) < 4.78 is 1.83. The van der Waals surface area contributed by atoms with Crippen LogP contribution in [0.15, 0.2) is 115 Å². The second-order valence-electron chi connectivity index (χ2n) is 7.82. The van der Waals surface area contributed by atoms with Crippen molar-refractivity contribution in [2.75, 3.05) is 5.32 Å². The zero-order chi connectivity index (χ0) is 22.6. The van der Waals surface area contributed by atoms with Crippen LogP contribution in [0.3, 0.4) is 0 Å². The van der Waals surface area contributed by atoms with Gasteiger partial charge in [0.25, 0.3) is 5.91 Å². The third-order valence-electron chi connectivity index (χ3n) is 5.64. The van der Waals surface area contributed by atoms with E-state index in [1.807, 2.05) is 115 Å². The fraction of sp³-hybridized carbons (Fsp3) is 0.0345. The summed E-state index contributed by atoms with van der Waals surface area (Å²) in [5.41, 5.74) is 6.82. The van der Waals surface area contributed by atoms with Gasteiger partial charge in [-0.2, -0.15) is 5.10 Å². The van der Waals surface area contributed by atoms with Crippen LogP contribution in [0.2, 0.25) is 0 Å². The molecule has 1 amide bonds. The maximum absolute atomic E-state index is 13.5. The standard InChI is InChI=1S/C29H23N3O/c1-21-27(29(33)30-25-19-17-23(18-20-25)22-11-5-2-6-12-22)28(24-13-7-3-8-14-24)31-32(21)26-15-9-4-10-16-26/h2-20H,1H3,(H,30,33). The van der Waals surface area contributed by atoms with Gasteiger partial charge in [0.05, 0.1) is 16.9 Å². The van der Waals surface area contributed by atoms with Crippen LogP contribution in [-0.2, 0) is 0 Å². The summed E-state index contributed by atoms with van der Waals surface area (Å²) in [6.45, 7) is 1.93. The van der Waals surface area contributed by atoms with Gasteiger partial charge in [-0.05, 0) is 42.3 Å². The molecule has 0 fully saturated rings. The number of rotatable bonds is 5. The number of carbonyl (C=O) groups is 1. The highest BCUT2D eigenvalue weighted by Crippen LogP contribution is 2.28. The maximum atomic E-state index is 13.5. The Bertz CT molecular complexity index is 1370. The molecule has 1 N–H and O–H groups in total. The molecule has 4 nitrogen and oxygen atoms in total. The van der Waals surface area contributed by atoms with Gasteiger partial charge >= 0.3 is 0 Å². The Labute approximate surface area is 193 Å². The number of hydrogen-bond acceptors (Lipinski definition) is 2. The predicted octanol–water partition coefficient (Wildman–Crippen LogP) is 6.77. The van der Waals surface area contributed by atoms with E-state index in [9.17, 15) is 4.79 Å². The van der Waals surface area contributed by atoms with Crippen molar-refractivity contribution in [3.63, 3.8) is 0 Å². The lowest BCUT2D eigenvalue weighted by Crippen LogP contribution is -2.14. The largest absolute Gasteiger partial charge is 0.322 e. The van der Waals surface area contributed by atoms with Gasteiger partial charge in [0.15, 0.2) is 0 Å². The Morgan fingerprint density at radius 1 is 0.667 bits per heavy atom. The minimum absolute atomic E-state index is 0.180. The molecular formula is C29H23N3O. The van der Waals surface area contributed by atoms with Gasteiger partial charge in [-0.1, -0.05) is 91.0 Å². The van der Waals surface area contributed by atoms with Gasteiger partial charge in [0, 0.05) is 11.3 Å². The Balaban J connectivity index is 1.50. The Kier molecular flexibility index (Phi) is 5.56. The van der Waals surface area contributed by atoms with E-state index in [4.69, 9.17) is 5.10 Å². The first-order valence-electron chi connectivity index (χ1n) is 10.9. The van der Waals surface area contributed by atoms with Gasteiger partial charge in [-0.25, -0.2) is 4.68 Å². The van der Waals surface area contributed by atoms with Crippen LogP contribution in [0.25, 0.3) is 28.1 Å². The molecule has 0 bridgehead atoms. The first-order valence-corrected chi connectivity index (χ1v) is 10.9. The Morgan fingerprint density at radius 3 is 1.79 bits per heavy atom. The van der Waals surface area contributed by atoms with Crippen LogP contribution >= 0.6 is 0 Å². The fourth-order valence-corrected chi connectivity index (χ4v) is 3.96. The molecule has 5 aromatic rings. The SMILES string of the molecule is Cc1c(C(=O)Nc2ccc(-c3ccccc3)cc2)c(-c2ccccc2)nn1-c1ccccc1. The van der Waals surface area contributed by atoms with Crippen molar-refractivity contribution < 1.29 is 4.79 Å². The van der Waals surface area contributed by atoms with Crippen LogP contribution in [0.5, 0.6) is 0 Å². The molecule has 0 atom stereocenters. The zero-order valence-corrected chi connectivity index (χ0v) is 18.3. The van der Waals surface area contributed by atoms with Crippen molar-refractivity contribution in [2.45, 2.75) is 6.92 Å². The number of carbonyl (C=O) groups excluding carboxylic acids is 1. The van der Waals surface area contributed by atoms with Gasteiger partial charge in [-0.15, -0.1) is 0 Å². The van der Waals surface area contributed by atoms with E-state index in [1.54, 1.807) is 0 Å². The van der Waals surface area contributed by atoms with Crippen molar-refractivity contribution >= 4 is 11.6 Å². The quantitative estimate of drug-likeness (QED) is 0.335. The van der Waals surface area contributed by atoms with Crippen LogP contribution in [0.4, 0.5) is 5.69 Å². The van der Waals surface area contributed by atoms with Crippen molar-refractivity contribution in [3.8, 4) is 28.1 Å². The topological polar surface area (TPSA) is 46.9 Å². The van der Waals surface area contributed by atoms with Crippen molar-refractivity contribution in [3.05, 3.63) is 127 Å². The van der Waals surface area contributed by atoms with Gasteiger partial charge in [0.2, 0.25) is 0 Å². The number of amides is 1. The highest BCUT2D eigenvalue weighted by atomic mass is 16.1. The van der Waals surface area contributed by atoms with Crippen molar-refractivity contribution in [2.24, 2.45) is 0 Å². The van der Waals surface area contributed by atoms with E-state index in [0.29, 0.717) is 11.3 Å². The van der Waals surface area contributed by atoms with Gasteiger partial charge in [-0.3, -0.25) is 4.79 Å². The summed E-state index contributed by atoms with van der Waals surface area (Å²) in [5.74, 6) is -0.180. The summed E-state index contributed by atoms with van der Waals surface area (Å²) in [4.78, 5) is 13.5. The lowest BCUT2D eigenvalue weighted by Gasteiger charge is -2.09. The van der Waals surface area contributed by atoms with E-state index in [-0.39, 0.29) is 5.91 Å². The highest BCUT2D eigenvalue weighted by Gasteiger charge is 2.23. The van der Waals surface area contributed by atoms with Crippen LogP contribution in [-0.4, -0.2) is 15.7 Å². The molecule has 0 radical (unpaired) electrons. The van der Waals surface area contributed by atoms with Crippen molar-refractivity contribution in [1.29, 1.82) is 0 Å². The number of anilines is 1.